The fourth-order valence-electron chi connectivity index (χ4n) is 2.09. The molecule has 0 aromatic carbocycles. The van der Waals surface area contributed by atoms with E-state index in [0.717, 1.165) is 0 Å². The normalized spacial score (nSPS) is 15.7. The molecule has 122 valence electrons. The fourth-order valence-corrected chi connectivity index (χ4v) is 2.09. The molecule has 0 atom stereocenters. The monoisotopic (exact) mass is 318 g/mol. The van der Waals surface area contributed by atoms with Gasteiger partial charge in [0.2, 0.25) is 5.88 Å². The van der Waals surface area contributed by atoms with Gasteiger partial charge in [0.25, 0.3) is 17.4 Å². The molecule has 1 fully saturated rings. The van der Waals surface area contributed by atoms with Crippen molar-refractivity contribution in [2.75, 3.05) is 14.1 Å². The number of aromatic nitrogens is 2. The quantitative estimate of drug-likeness (QED) is 0.474. The highest BCUT2D eigenvalue weighted by Gasteiger charge is 2.35. The Kier molecular flexibility index (Phi) is 4.26. The van der Waals surface area contributed by atoms with Crippen LogP contribution in [0.25, 0.3) is 6.08 Å². The van der Waals surface area contributed by atoms with Gasteiger partial charge in [-0.05, 0) is 12.2 Å². The van der Waals surface area contributed by atoms with Crippen LogP contribution in [0.1, 0.15) is 5.56 Å². The Balaban J connectivity index is 2.16. The van der Waals surface area contributed by atoms with Gasteiger partial charge in [-0.2, -0.15) is 0 Å². The van der Waals surface area contributed by atoms with E-state index >= 15 is 0 Å². The van der Waals surface area contributed by atoms with Crippen LogP contribution in [0.2, 0.25) is 0 Å². The average Bonchev–Trinajstić information content (AvgIpc) is 2.83. The highest BCUT2D eigenvalue weighted by Crippen LogP contribution is 2.16. The van der Waals surface area contributed by atoms with E-state index < -0.39 is 0 Å². The Morgan fingerprint density at radius 3 is 1.87 bits per heavy atom. The topological polar surface area (TPSA) is 87.8 Å². The van der Waals surface area contributed by atoms with Gasteiger partial charge in [0.15, 0.2) is 0 Å². The fraction of sp³-hybridized carbons (Fsp3) is 0.267. The summed E-state index contributed by atoms with van der Waals surface area (Å²) in [5.74, 6) is -0.883. The number of carbonyl (C=O) groups excluding carboxylic acids is 2. The second kappa shape index (κ2) is 5.99. The number of hydrazine groups is 1. The first-order valence-corrected chi connectivity index (χ1v) is 6.83. The molecule has 0 aliphatic carbocycles. The van der Waals surface area contributed by atoms with Crippen molar-refractivity contribution in [3.05, 3.63) is 45.8 Å². The first-order chi connectivity index (χ1) is 10.8. The molecule has 0 spiro atoms. The second-order valence-electron chi connectivity index (χ2n) is 5.07. The Morgan fingerprint density at radius 1 is 0.826 bits per heavy atom. The molecule has 2 amide bonds. The number of likely N-dealkylation sites (N-methyl/N-ethyl adjacent to an activating group) is 2. The molecule has 1 aromatic rings. The molecule has 1 aromatic heterocycles. The minimum Gasteiger partial charge on any atom is -0.493 e. The lowest BCUT2D eigenvalue weighted by molar-refractivity contribution is -0.141. The number of hydrogen-bond acceptors (Lipinski definition) is 4. The lowest BCUT2D eigenvalue weighted by Crippen LogP contribution is -2.33. The molecular formula is C15H18N4O4. The van der Waals surface area contributed by atoms with Crippen molar-refractivity contribution in [1.29, 1.82) is 0 Å². The lowest BCUT2D eigenvalue weighted by Gasteiger charge is -2.16. The summed E-state index contributed by atoms with van der Waals surface area (Å²) in [6.45, 7) is 0. The van der Waals surface area contributed by atoms with Crippen LogP contribution >= 0.6 is 0 Å². The Hall–Kier alpha value is -3.03. The Bertz CT molecular complexity index is 788. The summed E-state index contributed by atoms with van der Waals surface area (Å²) >= 11 is 0. The minimum absolute atomic E-state index is 0.0677. The maximum absolute atomic E-state index is 11.8. The van der Waals surface area contributed by atoms with Crippen LogP contribution in [0.15, 0.2) is 34.7 Å². The van der Waals surface area contributed by atoms with Crippen molar-refractivity contribution in [2.24, 2.45) is 14.1 Å². The summed E-state index contributed by atoms with van der Waals surface area (Å²) in [6.07, 6.45) is 7.52. The van der Waals surface area contributed by atoms with E-state index in [4.69, 9.17) is 0 Å². The highest BCUT2D eigenvalue weighted by molar-refractivity contribution is 6.22. The highest BCUT2D eigenvalue weighted by atomic mass is 16.3. The molecule has 0 bridgehead atoms. The molecule has 0 unspecified atom stereocenters. The number of carbonyl (C=O) groups is 2. The molecule has 0 saturated carbocycles. The lowest BCUT2D eigenvalue weighted by atomic mass is 10.2. The van der Waals surface area contributed by atoms with Crippen LogP contribution in [0, 0.1) is 0 Å². The van der Waals surface area contributed by atoms with Gasteiger partial charge < -0.3 is 5.11 Å². The Morgan fingerprint density at radius 2 is 1.39 bits per heavy atom. The molecule has 1 aliphatic rings. The van der Waals surface area contributed by atoms with Crippen LogP contribution in [0.4, 0.5) is 0 Å². The van der Waals surface area contributed by atoms with Gasteiger partial charge in [0.05, 0.1) is 0 Å². The van der Waals surface area contributed by atoms with Crippen molar-refractivity contribution in [3.63, 3.8) is 0 Å². The van der Waals surface area contributed by atoms with Gasteiger partial charge in [-0.15, -0.1) is 0 Å². The van der Waals surface area contributed by atoms with Crippen LogP contribution in [0.3, 0.4) is 0 Å². The zero-order chi connectivity index (χ0) is 17.3. The van der Waals surface area contributed by atoms with Gasteiger partial charge in [-0.1, -0.05) is 18.2 Å². The standard InChI is InChI=1S/C15H18N4O4/c1-16-12(20)10(13(21)17(16)2)8-6-5-7-9-11-14(22)18(3)19(4)15(11)23/h5-9,20H,1-4H3. The number of allylic oxidation sites excluding steroid dienone is 4. The van der Waals surface area contributed by atoms with E-state index in [2.05, 4.69) is 0 Å². The Labute approximate surface area is 132 Å². The van der Waals surface area contributed by atoms with Crippen LogP contribution in [-0.2, 0) is 23.7 Å². The zero-order valence-electron chi connectivity index (χ0n) is 13.3. The van der Waals surface area contributed by atoms with E-state index in [1.807, 2.05) is 0 Å². The summed E-state index contributed by atoms with van der Waals surface area (Å²) in [5.41, 5.74) is -0.0877. The number of hydrogen-bond donors (Lipinski definition) is 1. The second-order valence-corrected chi connectivity index (χ2v) is 5.07. The smallest absolute Gasteiger partial charge is 0.277 e. The molecule has 1 saturated heterocycles. The van der Waals surface area contributed by atoms with Crippen LogP contribution in [-0.4, -0.2) is 50.4 Å². The van der Waals surface area contributed by atoms with E-state index in [-0.39, 0.29) is 34.4 Å². The number of amides is 2. The third kappa shape index (κ3) is 2.70. The first kappa shape index (κ1) is 16.3. The molecule has 8 heteroatoms. The van der Waals surface area contributed by atoms with Gasteiger partial charge in [0, 0.05) is 28.2 Å². The number of rotatable bonds is 3. The van der Waals surface area contributed by atoms with Crippen LogP contribution < -0.4 is 5.56 Å². The molecular weight excluding hydrogens is 300 g/mol. The molecule has 0 radical (unpaired) electrons. The summed E-state index contributed by atoms with van der Waals surface area (Å²) in [4.78, 5) is 35.4. The van der Waals surface area contributed by atoms with E-state index in [0.29, 0.717) is 0 Å². The third-order valence-electron chi connectivity index (χ3n) is 3.77. The third-order valence-corrected chi connectivity index (χ3v) is 3.77. The minimum atomic E-state index is -0.374. The van der Waals surface area contributed by atoms with Gasteiger partial charge in [-0.3, -0.25) is 33.8 Å². The molecule has 1 aliphatic heterocycles. The maximum atomic E-state index is 11.8. The molecule has 23 heavy (non-hydrogen) atoms. The van der Waals surface area contributed by atoms with E-state index in [1.165, 1.54) is 51.7 Å². The van der Waals surface area contributed by atoms with Crippen molar-refractivity contribution in [1.82, 2.24) is 19.4 Å². The maximum Gasteiger partial charge on any atom is 0.277 e. The average molecular weight is 318 g/mol. The summed E-state index contributed by atoms with van der Waals surface area (Å²) in [5, 5.41) is 12.3. The molecule has 1 N–H and O–H groups in total. The van der Waals surface area contributed by atoms with E-state index in [1.54, 1.807) is 26.2 Å². The number of nitrogens with zero attached hydrogens (tertiary/aromatic N) is 4. The van der Waals surface area contributed by atoms with Crippen molar-refractivity contribution in [2.45, 2.75) is 0 Å². The molecule has 2 heterocycles. The predicted molar refractivity (Wildman–Crippen MR) is 84.1 cm³/mol. The summed E-state index contributed by atoms with van der Waals surface area (Å²) in [6, 6.07) is 0. The summed E-state index contributed by atoms with van der Waals surface area (Å²) in [7, 11) is 6.14. The first-order valence-electron chi connectivity index (χ1n) is 6.83. The van der Waals surface area contributed by atoms with E-state index in [9.17, 15) is 19.5 Å². The predicted octanol–water partition coefficient (Wildman–Crippen LogP) is -0.229. The summed E-state index contributed by atoms with van der Waals surface area (Å²) < 4.78 is 2.61. The van der Waals surface area contributed by atoms with Gasteiger partial charge in [-0.25, -0.2) is 0 Å². The van der Waals surface area contributed by atoms with Crippen molar-refractivity contribution >= 4 is 17.9 Å². The largest absolute Gasteiger partial charge is 0.493 e. The van der Waals surface area contributed by atoms with Crippen LogP contribution in [0.5, 0.6) is 5.88 Å². The molecule has 8 nitrogen and oxygen atoms in total. The number of aromatic hydroxyl groups is 1. The molecule has 2 rings (SSSR count). The van der Waals surface area contributed by atoms with Crippen molar-refractivity contribution < 1.29 is 14.7 Å². The van der Waals surface area contributed by atoms with Gasteiger partial charge >= 0.3 is 0 Å². The van der Waals surface area contributed by atoms with Gasteiger partial charge in [0.1, 0.15) is 11.1 Å². The SMILES string of the molecule is CN1C(=O)C(=CC=CC=Cc2c(O)n(C)n(C)c2=O)C(=O)N1C. The van der Waals surface area contributed by atoms with Crippen molar-refractivity contribution in [3.8, 4) is 5.88 Å². The zero-order valence-corrected chi connectivity index (χ0v) is 13.3.